The van der Waals surface area contributed by atoms with Gasteiger partial charge in [-0.3, -0.25) is 4.79 Å². The Labute approximate surface area is 144 Å². The van der Waals surface area contributed by atoms with Crippen LogP contribution in [0.15, 0.2) is 29.2 Å². The average molecular weight is 379 g/mol. The molecule has 10 heteroatoms. The van der Waals surface area contributed by atoms with Crippen LogP contribution in [-0.4, -0.2) is 69.0 Å². The molecule has 0 atom stereocenters. The number of piperazine rings is 1. The zero-order valence-electron chi connectivity index (χ0n) is 13.7. The minimum atomic E-state index is -4.50. The Morgan fingerprint density at radius 2 is 1.68 bits per heavy atom. The molecule has 25 heavy (non-hydrogen) atoms. The van der Waals surface area contributed by atoms with E-state index in [4.69, 9.17) is 0 Å². The summed E-state index contributed by atoms with van der Waals surface area (Å²) < 4.78 is 62.9. The van der Waals surface area contributed by atoms with E-state index in [0.717, 1.165) is 6.54 Å². The highest BCUT2D eigenvalue weighted by molar-refractivity contribution is 7.89. The normalized spacial score (nSPS) is 17.4. The number of benzene rings is 1. The number of hydrogen-bond acceptors (Lipinski definition) is 4. The van der Waals surface area contributed by atoms with Crippen molar-refractivity contribution in [2.75, 3.05) is 39.3 Å². The van der Waals surface area contributed by atoms with Gasteiger partial charge in [-0.05, 0) is 30.8 Å². The Morgan fingerprint density at radius 1 is 1.12 bits per heavy atom. The Hall–Kier alpha value is -1.65. The molecule has 0 radical (unpaired) electrons. The van der Waals surface area contributed by atoms with Crippen LogP contribution < -0.4 is 5.32 Å². The van der Waals surface area contributed by atoms with Crippen LogP contribution in [0.5, 0.6) is 0 Å². The molecule has 0 saturated carbocycles. The van der Waals surface area contributed by atoms with Crippen molar-refractivity contribution in [1.82, 2.24) is 14.5 Å². The molecule has 1 heterocycles. The Morgan fingerprint density at radius 3 is 2.16 bits per heavy atom. The Kier molecular flexibility index (Phi) is 6.07. The smallest absolute Gasteiger partial charge is 0.343 e. The van der Waals surface area contributed by atoms with Gasteiger partial charge in [0.1, 0.15) is 6.54 Å². The van der Waals surface area contributed by atoms with Crippen LogP contribution in [0, 0.1) is 0 Å². The van der Waals surface area contributed by atoms with E-state index >= 15 is 0 Å². The first-order chi connectivity index (χ1) is 11.6. The highest BCUT2D eigenvalue weighted by atomic mass is 32.2. The van der Waals surface area contributed by atoms with Gasteiger partial charge in [-0.2, -0.15) is 17.5 Å². The average Bonchev–Trinajstić information content (AvgIpc) is 2.59. The van der Waals surface area contributed by atoms with Gasteiger partial charge in [0.2, 0.25) is 10.0 Å². The maximum atomic E-state index is 12.6. The van der Waals surface area contributed by atoms with Crippen LogP contribution >= 0.6 is 0 Å². The molecule has 1 fully saturated rings. The largest absolute Gasteiger partial charge is 0.405 e. The fraction of sp³-hybridized carbons (Fsp3) is 0.533. The minimum Gasteiger partial charge on any atom is -0.343 e. The molecule has 0 bridgehead atoms. The van der Waals surface area contributed by atoms with E-state index in [1.165, 1.54) is 28.6 Å². The third kappa shape index (κ3) is 5.16. The highest BCUT2D eigenvalue weighted by Gasteiger charge is 2.29. The fourth-order valence-corrected chi connectivity index (χ4v) is 3.92. The molecule has 0 unspecified atom stereocenters. The van der Waals surface area contributed by atoms with E-state index in [-0.39, 0.29) is 10.5 Å². The number of nitrogens with one attached hydrogen (secondary N) is 1. The summed E-state index contributed by atoms with van der Waals surface area (Å²) in [4.78, 5) is 13.8. The number of sulfonamides is 1. The van der Waals surface area contributed by atoms with Crippen molar-refractivity contribution in [2.24, 2.45) is 0 Å². The minimum absolute atomic E-state index is 0.0184. The summed E-state index contributed by atoms with van der Waals surface area (Å²) in [6.45, 7) is 3.48. The maximum absolute atomic E-state index is 12.6. The number of rotatable bonds is 5. The summed E-state index contributed by atoms with van der Waals surface area (Å²) in [5.41, 5.74) is -0.0287. The molecule has 0 aromatic heterocycles. The molecule has 6 nitrogen and oxygen atoms in total. The number of nitrogens with zero attached hydrogens (tertiary/aromatic N) is 2. The number of alkyl halides is 3. The Bertz CT molecular complexity index is 697. The highest BCUT2D eigenvalue weighted by Crippen LogP contribution is 2.19. The zero-order chi connectivity index (χ0) is 18.7. The molecular formula is C15H20F3N3O3S. The summed E-state index contributed by atoms with van der Waals surface area (Å²) in [5, 5.41) is 1.74. The second-order valence-corrected chi connectivity index (χ2v) is 7.60. The third-order valence-corrected chi connectivity index (χ3v) is 5.90. The van der Waals surface area contributed by atoms with E-state index in [2.05, 4.69) is 4.90 Å². The van der Waals surface area contributed by atoms with Crippen LogP contribution in [-0.2, 0) is 10.0 Å². The van der Waals surface area contributed by atoms with Crippen molar-refractivity contribution < 1.29 is 26.4 Å². The zero-order valence-corrected chi connectivity index (χ0v) is 14.5. The summed E-state index contributed by atoms with van der Waals surface area (Å²) >= 11 is 0. The fourth-order valence-electron chi connectivity index (χ4n) is 2.50. The van der Waals surface area contributed by atoms with Crippen molar-refractivity contribution in [1.29, 1.82) is 0 Å². The van der Waals surface area contributed by atoms with Gasteiger partial charge in [0, 0.05) is 31.7 Å². The van der Waals surface area contributed by atoms with Gasteiger partial charge in [0.15, 0.2) is 0 Å². The molecular weight excluding hydrogens is 359 g/mol. The number of likely N-dealkylation sites (N-methyl/N-ethyl adjacent to an activating group) is 1. The van der Waals surface area contributed by atoms with Gasteiger partial charge in [0.25, 0.3) is 5.91 Å². The lowest BCUT2D eigenvalue weighted by Gasteiger charge is -2.33. The Balaban J connectivity index is 2.05. The van der Waals surface area contributed by atoms with Crippen LogP contribution in [0.1, 0.15) is 17.3 Å². The molecule has 2 rings (SSSR count). The van der Waals surface area contributed by atoms with Crippen LogP contribution in [0.3, 0.4) is 0 Å². The monoisotopic (exact) mass is 379 g/mol. The van der Waals surface area contributed by atoms with Crippen molar-refractivity contribution >= 4 is 15.9 Å². The van der Waals surface area contributed by atoms with Crippen LogP contribution in [0.2, 0.25) is 0 Å². The van der Waals surface area contributed by atoms with E-state index < -0.39 is 28.7 Å². The third-order valence-electron chi connectivity index (χ3n) is 3.98. The molecule has 140 valence electrons. The second-order valence-electron chi connectivity index (χ2n) is 5.66. The lowest BCUT2D eigenvalue weighted by molar-refractivity contribution is -0.123. The summed E-state index contributed by atoms with van der Waals surface area (Å²) in [7, 11) is -3.68. The molecule has 0 spiro atoms. The first-order valence-corrected chi connectivity index (χ1v) is 9.25. The molecule has 1 aliphatic rings. The van der Waals surface area contributed by atoms with Gasteiger partial charge >= 0.3 is 6.18 Å². The van der Waals surface area contributed by atoms with Gasteiger partial charge in [-0.15, -0.1) is 0 Å². The van der Waals surface area contributed by atoms with E-state index in [1.807, 2.05) is 6.92 Å². The van der Waals surface area contributed by atoms with Crippen LogP contribution in [0.4, 0.5) is 13.2 Å². The first-order valence-electron chi connectivity index (χ1n) is 7.81. The summed E-state index contributed by atoms with van der Waals surface area (Å²) in [6.07, 6.45) is -4.50. The molecule has 1 aliphatic heterocycles. The number of halogens is 3. The number of carbonyl (C=O) groups excluding carboxylic acids is 1. The van der Waals surface area contributed by atoms with Crippen molar-refractivity contribution in [3.63, 3.8) is 0 Å². The first kappa shape index (κ1) is 19.7. The standard InChI is InChI=1S/C15H20F3N3O3S/c1-2-20-7-9-21(10-8-20)25(23,24)13-5-3-12(4-6-13)14(22)19-11-15(16,17)18/h3-6H,2,7-11H2,1H3,(H,19,22). The van der Waals surface area contributed by atoms with E-state index in [1.54, 1.807) is 5.32 Å². The van der Waals surface area contributed by atoms with Gasteiger partial charge in [-0.1, -0.05) is 6.92 Å². The van der Waals surface area contributed by atoms with Crippen LogP contribution in [0.25, 0.3) is 0 Å². The predicted octanol–water partition coefficient (Wildman–Crippen LogP) is 1.30. The maximum Gasteiger partial charge on any atom is 0.405 e. The lowest BCUT2D eigenvalue weighted by atomic mass is 10.2. The quantitative estimate of drug-likeness (QED) is 0.838. The van der Waals surface area contributed by atoms with Crippen molar-refractivity contribution in [2.45, 2.75) is 18.0 Å². The second kappa shape index (κ2) is 7.71. The molecule has 1 amide bonds. The molecule has 0 aliphatic carbocycles. The summed E-state index contributed by atoms with van der Waals surface area (Å²) in [5.74, 6) is -0.905. The lowest BCUT2D eigenvalue weighted by Crippen LogP contribution is -2.48. The number of carbonyl (C=O) groups is 1. The molecule has 1 N–H and O–H groups in total. The topological polar surface area (TPSA) is 69.7 Å². The SMILES string of the molecule is CCN1CCN(S(=O)(=O)c2ccc(C(=O)NCC(F)(F)F)cc2)CC1. The van der Waals surface area contributed by atoms with Gasteiger partial charge < -0.3 is 10.2 Å². The van der Waals surface area contributed by atoms with Crippen molar-refractivity contribution in [3.8, 4) is 0 Å². The number of amides is 1. The van der Waals surface area contributed by atoms with E-state index in [9.17, 15) is 26.4 Å². The van der Waals surface area contributed by atoms with Gasteiger partial charge in [0.05, 0.1) is 4.90 Å². The van der Waals surface area contributed by atoms with Crippen molar-refractivity contribution in [3.05, 3.63) is 29.8 Å². The van der Waals surface area contributed by atoms with Gasteiger partial charge in [-0.25, -0.2) is 8.42 Å². The molecule has 1 saturated heterocycles. The predicted molar refractivity (Wildman–Crippen MR) is 85.7 cm³/mol. The molecule has 1 aromatic carbocycles. The van der Waals surface area contributed by atoms with E-state index in [0.29, 0.717) is 26.2 Å². The summed E-state index contributed by atoms with van der Waals surface area (Å²) in [6, 6.07) is 4.90. The number of hydrogen-bond donors (Lipinski definition) is 1. The molecule has 1 aromatic rings.